The summed E-state index contributed by atoms with van der Waals surface area (Å²) in [5, 5.41) is 18.3. The first-order valence-electron chi connectivity index (χ1n) is 46.5. The second-order valence-electron chi connectivity index (χ2n) is 35.5. The highest BCUT2D eigenvalue weighted by Crippen LogP contribution is 2.49. The molecule has 30 rings (SSSR count). The van der Waals surface area contributed by atoms with Crippen molar-refractivity contribution < 1.29 is 26.5 Å². The molecule has 21 aromatic carbocycles. The minimum absolute atomic E-state index is 0.885. The number of aromatic nitrogens is 3. The number of rotatable bonds is 10. The second kappa shape index (κ2) is 31.1. The van der Waals surface area contributed by atoms with Crippen LogP contribution in [0.4, 0.5) is 0 Å². The molecule has 0 aliphatic carbocycles. The molecular weight excluding hydrogens is 1680 g/mol. The molecular formula is C128H77N3O6. The number of para-hydroxylation sites is 8. The van der Waals surface area contributed by atoms with E-state index < -0.39 is 0 Å². The molecule has 0 saturated carbocycles. The lowest BCUT2D eigenvalue weighted by Gasteiger charge is -2.08. The zero-order chi connectivity index (χ0) is 89.9. The van der Waals surface area contributed by atoms with Crippen molar-refractivity contribution in [3.63, 3.8) is 0 Å². The lowest BCUT2D eigenvalue weighted by atomic mass is 9.95. The summed E-state index contributed by atoms with van der Waals surface area (Å²) in [7, 11) is 0. The van der Waals surface area contributed by atoms with Gasteiger partial charge in [0, 0.05) is 98.2 Å². The van der Waals surface area contributed by atoms with E-state index in [-0.39, 0.29) is 0 Å². The van der Waals surface area contributed by atoms with Gasteiger partial charge in [0.25, 0.3) is 0 Å². The molecule has 0 atom stereocenters. The van der Waals surface area contributed by atoms with Gasteiger partial charge in [0.1, 0.15) is 66.8 Å². The fraction of sp³-hybridized carbons (Fsp3) is 0. The number of benzene rings is 21. The van der Waals surface area contributed by atoms with Gasteiger partial charge < -0.3 is 40.2 Å². The molecule has 137 heavy (non-hydrogen) atoms. The molecule has 9 nitrogen and oxygen atoms in total. The Kier molecular flexibility index (Phi) is 17.6. The average molecular weight is 1750 g/mol. The molecule has 0 amide bonds. The first-order valence-corrected chi connectivity index (χ1v) is 46.5. The third-order valence-electron chi connectivity index (χ3n) is 27.8. The van der Waals surface area contributed by atoms with Gasteiger partial charge in [-0.1, -0.05) is 328 Å². The Labute approximate surface area is 783 Å². The fourth-order valence-corrected chi connectivity index (χ4v) is 21.5. The maximum atomic E-state index is 6.74. The number of hydrogen-bond donors (Lipinski definition) is 0. The van der Waals surface area contributed by atoms with Crippen molar-refractivity contribution in [1.29, 1.82) is 0 Å². The van der Waals surface area contributed by atoms with Crippen LogP contribution < -0.4 is 0 Å². The molecule has 0 radical (unpaired) electrons. The second-order valence-corrected chi connectivity index (χ2v) is 35.5. The van der Waals surface area contributed by atoms with Crippen molar-refractivity contribution in [2.45, 2.75) is 0 Å². The molecule has 0 aliphatic heterocycles. The smallest absolute Gasteiger partial charge is 0.161 e. The van der Waals surface area contributed by atoms with Crippen molar-refractivity contribution in [1.82, 2.24) is 13.7 Å². The predicted molar refractivity (Wildman–Crippen MR) is 567 cm³/mol. The third-order valence-corrected chi connectivity index (χ3v) is 27.8. The number of hydrogen-bond acceptors (Lipinski definition) is 6. The van der Waals surface area contributed by atoms with E-state index >= 15 is 0 Å². The maximum Gasteiger partial charge on any atom is 0.161 e. The lowest BCUT2D eigenvalue weighted by molar-refractivity contribution is 0.669. The summed E-state index contributed by atoms with van der Waals surface area (Å²) in [6.07, 6.45) is 0. The number of fused-ring (bicyclic) bond motifs is 28. The largest absolute Gasteiger partial charge is 0.456 e. The van der Waals surface area contributed by atoms with Crippen LogP contribution in [-0.4, -0.2) is 13.7 Å². The molecule has 640 valence electrons. The van der Waals surface area contributed by atoms with Crippen LogP contribution in [0, 0.1) is 0 Å². The van der Waals surface area contributed by atoms with E-state index in [1.807, 2.05) is 6.07 Å². The van der Waals surface area contributed by atoms with E-state index in [0.29, 0.717) is 0 Å². The minimum atomic E-state index is 0.885. The molecule has 0 bridgehead atoms. The van der Waals surface area contributed by atoms with Gasteiger partial charge in [-0.15, -0.1) is 0 Å². The standard InChI is InChI=1S/C44H27NO2.2C42H25NO2/c1-3-11-29(12-4-1)34-17-9-18-37-41-33(16-10-20-39(41)46-43(34)37)30-23-21-28(22-24-30)31-25-26-36-40(27-31)47-44-35-15-7-8-19-38(35)45(42(36)44)32-13-5-2-6-14-32;1-2-10-30(11-3-1)43-36-16-7-6-13-33(36)42-40(43)35-15-8-14-32(41(35)45-42)28-19-17-26(18-20-28)29-21-23-34-38(25-29)44-37-24-22-27-9-4-5-12-31(27)39(34)37;1-2-10-30(11-3-1)43-36-15-7-6-13-33(36)42-40(43)34-23-22-29(25-38(34)45-42)26-17-19-28(20-18-26)31-14-8-16-37-39(31)35-24-21-27-9-4-5-12-32(27)41(35)44-37/h1-27H;2*1-25H. The molecule has 0 spiro atoms. The monoisotopic (exact) mass is 1750 g/mol. The van der Waals surface area contributed by atoms with Crippen molar-refractivity contribution in [2.75, 3.05) is 0 Å². The highest BCUT2D eigenvalue weighted by molar-refractivity contribution is 6.24. The highest BCUT2D eigenvalue weighted by Gasteiger charge is 2.27. The minimum Gasteiger partial charge on any atom is -0.456 e. The van der Waals surface area contributed by atoms with Gasteiger partial charge in [0.05, 0.1) is 16.6 Å². The summed E-state index contributed by atoms with van der Waals surface area (Å²) in [6.45, 7) is 0. The molecule has 9 heterocycles. The van der Waals surface area contributed by atoms with Crippen LogP contribution in [0.3, 0.4) is 0 Å². The molecule has 9 heteroatoms. The Morgan fingerprint density at radius 3 is 0.942 bits per heavy atom. The summed E-state index contributed by atoms with van der Waals surface area (Å²) >= 11 is 0. The van der Waals surface area contributed by atoms with Crippen molar-refractivity contribution in [3.05, 3.63) is 467 Å². The Morgan fingerprint density at radius 1 is 0.139 bits per heavy atom. The van der Waals surface area contributed by atoms with Gasteiger partial charge in [0.15, 0.2) is 16.7 Å². The van der Waals surface area contributed by atoms with Crippen LogP contribution in [0.5, 0.6) is 0 Å². The van der Waals surface area contributed by atoms with Crippen LogP contribution in [0.15, 0.2) is 494 Å². The third kappa shape index (κ3) is 12.4. The van der Waals surface area contributed by atoms with Gasteiger partial charge >= 0.3 is 0 Å². The zero-order valence-corrected chi connectivity index (χ0v) is 73.7. The van der Waals surface area contributed by atoms with E-state index in [1.165, 1.54) is 27.1 Å². The Hall–Kier alpha value is -18.4. The van der Waals surface area contributed by atoms with Gasteiger partial charge in [-0.05, 0) is 222 Å². The van der Waals surface area contributed by atoms with Gasteiger partial charge in [-0.2, -0.15) is 0 Å². The maximum absolute atomic E-state index is 6.74. The van der Waals surface area contributed by atoms with Crippen LogP contribution in [-0.2, 0) is 0 Å². The number of furan rings is 6. The van der Waals surface area contributed by atoms with Crippen molar-refractivity contribution in [2.24, 2.45) is 0 Å². The van der Waals surface area contributed by atoms with Crippen molar-refractivity contribution in [3.8, 4) is 95.0 Å². The molecule has 30 aromatic rings. The molecule has 9 aromatic heterocycles. The van der Waals surface area contributed by atoms with Gasteiger partial charge in [-0.25, -0.2) is 0 Å². The van der Waals surface area contributed by atoms with Crippen LogP contribution in [0.1, 0.15) is 0 Å². The highest BCUT2D eigenvalue weighted by atomic mass is 16.4. The average Bonchev–Trinajstić information content (AvgIpc) is 1.57. The molecule has 0 aliphatic rings. The Bertz CT molecular complexity index is 10100. The Morgan fingerprint density at radius 2 is 0.445 bits per heavy atom. The first kappa shape index (κ1) is 77.3. The van der Waals surface area contributed by atoms with E-state index in [1.54, 1.807) is 0 Å². The van der Waals surface area contributed by atoms with E-state index in [0.717, 1.165) is 254 Å². The van der Waals surface area contributed by atoms with Crippen LogP contribution in [0.25, 0.3) is 281 Å². The van der Waals surface area contributed by atoms with E-state index in [4.69, 9.17) is 26.5 Å². The summed E-state index contributed by atoms with van der Waals surface area (Å²) in [5.41, 5.74) is 36.9. The molecule has 0 fully saturated rings. The zero-order valence-electron chi connectivity index (χ0n) is 73.7. The van der Waals surface area contributed by atoms with Crippen LogP contribution >= 0.6 is 0 Å². The summed E-state index contributed by atoms with van der Waals surface area (Å²) in [5.74, 6) is 0. The van der Waals surface area contributed by atoms with Crippen LogP contribution in [0.2, 0.25) is 0 Å². The molecule has 0 saturated heterocycles. The van der Waals surface area contributed by atoms with E-state index in [2.05, 4.69) is 475 Å². The topological polar surface area (TPSA) is 93.6 Å². The lowest BCUT2D eigenvalue weighted by Crippen LogP contribution is -1.92. The molecule has 0 unspecified atom stereocenters. The van der Waals surface area contributed by atoms with Crippen molar-refractivity contribution >= 4 is 186 Å². The quantitative estimate of drug-likeness (QED) is 0.135. The number of nitrogens with zero attached hydrogens (tertiary/aromatic N) is 3. The summed E-state index contributed by atoms with van der Waals surface area (Å²) < 4.78 is 46.2. The normalized spacial score (nSPS) is 11.9. The predicted octanol–water partition coefficient (Wildman–Crippen LogP) is 36.3. The Balaban J connectivity index is 0.000000102. The van der Waals surface area contributed by atoms with Gasteiger partial charge in [0.2, 0.25) is 0 Å². The molecule has 0 N–H and O–H groups in total. The first-order chi connectivity index (χ1) is 67.9. The summed E-state index contributed by atoms with van der Waals surface area (Å²) in [6, 6.07) is 165. The SMILES string of the molecule is c1ccc(-c2cccc3c2oc2cccc(-c4ccc(-c5ccc6c(c5)oc5c7ccccc7n(-c7ccccc7)c65)cc4)c23)cc1.c1ccc(-n2c3ccccc3c3oc4c(-c5ccc(-c6ccc7c(c6)oc6ccc8ccccc8c67)cc5)cccc4c32)cc1.c1ccc(-n2c3ccccc3c3oc4cc(-c5ccc(-c6cccc7oc8c9ccccc9ccc8c67)cc5)ccc4c32)cc1. The van der Waals surface area contributed by atoms with E-state index in [9.17, 15) is 0 Å². The fourth-order valence-electron chi connectivity index (χ4n) is 21.5. The van der Waals surface area contributed by atoms with Gasteiger partial charge in [-0.3, -0.25) is 0 Å². The summed E-state index contributed by atoms with van der Waals surface area (Å²) in [4.78, 5) is 0.